The van der Waals surface area contributed by atoms with Gasteiger partial charge in [0.15, 0.2) is 0 Å². The lowest BCUT2D eigenvalue weighted by Gasteiger charge is -2.29. The molecule has 0 rings (SSSR count). The minimum Gasteiger partial charge on any atom is -0.350 e. The van der Waals surface area contributed by atoms with E-state index in [1.807, 2.05) is 0 Å². The molecule has 0 N–H and O–H groups in total. The highest BCUT2D eigenvalue weighted by molar-refractivity contribution is 6.84. The molecule has 0 saturated heterocycles. The van der Waals surface area contributed by atoms with Crippen molar-refractivity contribution in [2.45, 2.75) is 19.6 Å². The van der Waals surface area contributed by atoms with Gasteiger partial charge in [0, 0.05) is 0 Å². The van der Waals surface area contributed by atoms with Crippen molar-refractivity contribution in [3.63, 3.8) is 0 Å². The van der Waals surface area contributed by atoms with Crippen molar-refractivity contribution in [1.29, 1.82) is 0 Å². The highest BCUT2D eigenvalue weighted by Gasteiger charge is 2.19. The maximum atomic E-state index is 3.84. The Morgan fingerprint density at radius 1 is 1.56 bits per heavy atom. The van der Waals surface area contributed by atoms with Gasteiger partial charge in [0.25, 0.3) is 0 Å². The Bertz CT molecular complexity index is 101. The normalized spacial score (nSPS) is 13.4. The third-order valence-electron chi connectivity index (χ3n) is 1.96. The summed E-state index contributed by atoms with van der Waals surface area (Å²) in [5.41, 5.74) is 2.14. The minimum atomic E-state index is -1.12. The van der Waals surface area contributed by atoms with Crippen LogP contribution in [0, 0.1) is 0 Å². The molecule has 0 fully saturated rings. The Morgan fingerprint density at radius 3 is 2.11 bits per heavy atom. The molecule has 0 aromatic heterocycles. The third kappa shape index (κ3) is 2.47. The molecule has 1 nitrogen and oxygen atoms in total. The van der Waals surface area contributed by atoms with Crippen LogP contribution in [0.4, 0.5) is 0 Å². The van der Waals surface area contributed by atoms with E-state index in [1.165, 1.54) is 0 Å². The average molecular weight is 159 g/mol. The van der Waals surface area contributed by atoms with Crippen LogP contribution >= 0.6 is 0 Å². The molecule has 0 aliphatic carbocycles. The van der Waals surface area contributed by atoms with Crippen molar-refractivity contribution in [3.05, 3.63) is 12.3 Å². The average Bonchev–Trinajstić information content (AvgIpc) is 1.86. The molecule has 0 spiro atoms. The van der Waals surface area contributed by atoms with Crippen molar-refractivity contribution in [2.75, 3.05) is 7.05 Å². The van der Waals surface area contributed by atoms with Gasteiger partial charge < -0.3 is 4.23 Å². The zero-order chi connectivity index (χ0) is 7.49. The van der Waals surface area contributed by atoms with E-state index in [9.17, 15) is 0 Å². The summed E-state index contributed by atoms with van der Waals surface area (Å²) in [5, 5.41) is 0. The molecular formula is C6H17NSi2. The van der Waals surface area contributed by atoms with Crippen molar-refractivity contribution in [3.8, 4) is 0 Å². The quantitative estimate of drug-likeness (QED) is 0.555. The molecule has 3 heteroatoms. The number of hydrogen-bond donors (Lipinski definition) is 0. The van der Waals surface area contributed by atoms with Gasteiger partial charge in [-0.05, 0) is 7.05 Å². The van der Waals surface area contributed by atoms with Crippen molar-refractivity contribution < 1.29 is 0 Å². The van der Waals surface area contributed by atoms with Crippen molar-refractivity contribution >= 4 is 17.9 Å². The Hall–Kier alpha value is 0.134. The minimum absolute atomic E-state index is 0.0470. The molecule has 0 radical (unpaired) electrons. The zero-order valence-electron chi connectivity index (χ0n) is 6.94. The van der Waals surface area contributed by atoms with Crippen LogP contribution in [0.3, 0.4) is 0 Å². The summed E-state index contributed by atoms with van der Waals surface area (Å²) in [5.74, 6) is 0. The molecule has 0 aliphatic rings. The molecule has 9 heavy (non-hydrogen) atoms. The van der Waals surface area contributed by atoms with Crippen LogP contribution in [-0.4, -0.2) is 29.2 Å². The van der Waals surface area contributed by atoms with Crippen LogP contribution in [0.2, 0.25) is 19.6 Å². The van der Waals surface area contributed by atoms with E-state index in [4.69, 9.17) is 0 Å². The maximum Gasteiger partial charge on any atom is 0.139 e. The predicted octanol–water partition coefficient (Wildman–Crippen LogP) is 0.980. The fourth-order valence-corrected chi connectivity index (χ4v) is 4.52. The highest BCUT2D eigenvalue weighted by atomic mass is 28.4. The lowest BCUT2D eigenvalue weighted by Crippen LogP contribution is -2.45. The number of nitrogens with zero attached hydrogens (tertiary/aromatic N) is 1. The standard InChI is InChI=1S/C6H17NSi2/c1-6-9(4,5)7(2)8-3/h6H,1,8H2,2-5H3. The molecule has 0 heterocycles. The van der Waals surface area contributed by atoms with Gasteiger partial charge in [-0.3, -0.25) is 0 Å². The summed E-state index contributed by atoms with van der Waals surface area (Å²) < 4.78 is 2.53. The number of hydrogen-bond acceptors (Lipinski definition) is 1. The van der Waals surface area contributed by atoms with E-state index in [0.717, 1.165) is 0 Å². The lowest BCUT2D eigenvalue weighted by molar-refractivity contribution is 0.811. The van der Waals surface area contributed by atoms with Gasteiger partial charge in [-0.15, -0.1) is 6.58 Å². The predicted molar refractivity (Wildman–Crippen MR) is 49.9 cm³/mol. The van der Waals surface area contributed by atoms with Crippen LogP contribution in [0.1, 0.15) is 0 Å². The summed E-state index contributed by atoms with van der Waals surface area (Å²) >= 11 is 0. The van der Waals surface area contributed by atoms with Gasteiger partial charge in [-0.25, -0.2) is 0 Å². The summed E-state index contributed by atoms with van der Waals surface area (Å²) in [6.07, 6.45) is 0. The molecule has 0 aliphatic heterocycles. The van der Waals surface area contributed by atoms with Gasteiger partial charge in [-0.1, -0.05) is 25.3 Å². The molecule has 0 saturated carbocycles. The first kappa shape index (κ1) is 9.13. The van der Waals surface area contributed by atoms with Crippen LogP contribution in [0.15, 0.2) is 12.3 Å². The van der Waals surface area contributed by atoms with Crippen LogP contribution < -0.4 is 0 Å². The Morgan fingerprint density at radius 2 is 2.00 bits per heavy atom. The Kier molecular flexibility index (Phi) is 3.39. The van der Waals surface area contributed by atoms with Gasteiger partial charge in [0.1, 0.15) is 8.24 Å². The lowest BCUT2D eigenvalue weighted by atomic mass is 11.3. The smallest absolute Gasteiger partial charge is 0.139 e. The summed E-state index contributed by atoms with van der Waals surface area (Å²) in [6, 6.07) is 0. The van der Waals surface area contributed by atoms with E-state index < -0.39 is 8.24 Å². The Labute approximate surface area is 61.7 Å². The molecule has 0 aromatic rings. The van der Waals surface area contributed by atoms with Gasteiger partial charge in [0.05, 0.1) is 9.68 Å². The maximum absolute atomic E-state index is 3.84. The topological polar surface area (TPSA) is 3.24 Å². The van der Waals surface area contributed by atoms with E-state index in [1.54, 1.807) is 0 Å². The molecule has 0 amide bonds. The van der Waals surface area contributed by atoms with E-state index >= 15 is 0 Å². The highest BCUT2D eigenvalue weighted by Crippen LogP contribution is 2.05. The first-order valence-electron chi connectivity index (χ1n) is 3.39. The van der Waals surface area contributed by atoms with Crippen LogP contribution in [0.5, 0.6) is 0 Å². The van der Waals surface area contributed by atoms with E-state index in [2.05, 4.69) is 43.2 Å². The largest absolute Gasteiger partial charge is 0.350 e. The van der Waals surface area contributed by atoms with Crippen LogP contribution in [0.25, 0.3) is 0 Å². The second-order valence-electron chi connectivity index (χ2n) is 2.87. The molecule has 0 aromatic carbocycles. The number of rotatable bonds is 3. The summed E-state index contributed by atoms with van der Waals surface area (Å²) in [6.45, 7) is 10.8. The summed E-state index contributed by atoms with van der Waals surface area (Å²) in [4.78, 5) is 0. The third-order valence-corrected chi connectivity index (χ3v) is 9.27. The van der Waals surface area contributed by atoms with Gasteiger partial charge in [0.2, 0.25) is 0 Å². The monoisotopic (exact) mass is 159 g/mol. The second-order valence-corrected chi connectivity index (χ2v) is 9.56. The van der Waals surface area contributed by atoms with Crippen molar-refractivity contribution in [1.82, 2.24) is 4.23 Å². The van der Waals surface area contributed by atoms with E-state index in [0.29, 0.717) is 0 Å². The molecule has 54 valence electrons. The van der Waals surface area contributed by atoms with Gasteiger partial charge >= 0.3 is 0 Å². The first-order valence-corrected chi connectivity index (χ1v) is 8.46. The molecule has 0 bridgehead atoms. The molecular weight excluding hydrogens is 142 g/mol. The summed E-state index contributed by atoms with van der Waals surface area (Å²) in [7, 11) is 1.15. The van der Waals surface area contributed by atoms with Crippen molar-refractivity contribution in [2.24, 2.45) is 0 Å². The fourth-order valence-electron chi connectivity index (χ4n) is 0.563. The Balaban J connectivity index is 3.95. The zero-order valence-corrected chi connectivity index (χ0v) is 9.35. The van der Waals surface area contributed by atoms with E-state index in [-0.39, 0.29) is 9.68 Å². The van der Waals surface area contributed by atoms with Gasteiger partial charge in [-0.2, -0.15) is 0 Å². The molecule has 0 atom stereocenters. The van der Waals surface area contributed by atoms with Crippen LogP contribution in [-0.2, 0) is 0 Å². The SMILES string of the molecule is C=C[Si](C)(C)N(C)[SiH2]C. The second kappa shape index (κ2) is 3.34. The first-order chi connectivity index (χ1) is 4.04. The molecule has 0 unspecified atom stereocenters. The fraction of sp³-hybridized carbons (Fsp3) is 0.667.